The van der Waals surface area contributed by atoms with Gasteiger partial charge in [0.25, 0.3) is 5.91 Å². The number of carbonyl (C=O) groups excluding carboxylic acids is 1. The number of hydrogen-bond donors (Lipinski definition) is 5. The summed E-state index contributed by atoms with van der Waals surface area (Å²) in [7, 11) is 1.57. The van der Waals surface area contributed by atoms with Crippen molar-refractivity contribution >= 4 is 5.91 Å². The molecular formula is C21H25NO7. The Bertz CT molecular complexity index is 824. The van der Waals surface area contributed by atoms with Crippen molar-refractivity contribution in [3.63, 3.8) is 0 Å². The van der Waals surface area contributed by atoms with Crippen LogP contribution in [-0.4, -0.2) is 64.4 Å². The van der Waals surface area contributed by atoms with Gasteiger partial charge in [0.1, 0.15) is 42.9 Å². The van der Waals surface area contributed by atoms with E-state index in [1.165, 1.54) is 0 Å². The molecule has 1 aliphatic heterocycles. The standard InChI is InChI=1S/C21H25NO7/c1-22-21(27)14-4-2-3-12(9-14)11-28-15-7-5-13(6-8-15)20-19(26)18(25)17(24)16(10-23)29-20/h2-9,16-20,23-26H,10-11H2,1H3,(H,22,27)/t16-,17-,18+,19+,20?/m1/s1. The minimum atomic E-state index is -1.42. The Morgan fingerprint density at radius 3 is 2.45 bits per heavy atom. The van der Waals surface area contributed by atoms with E-state index >= 15 is 0 Å². The van der Waals surface area contributed by atoms with Crippen LogP contribution in [0.2, 0.25) is 0 Å². The van der Waals surface area contributed by atoms with Crippen molar-refractivity contribution in [2.75, 3.05) is 13.7 Å². The highest BCUT2D eigenvalue weighted by molar-refractivity contribution is 5.94. The number of aliphatic hydroxyl groups is 4. The van der Waals surface area contributed by atoms with E-state index in [1.807, 2.05) is 6.07 Å². The molecule has 156 valence electrons. The quantitative estimate of drug-likeness (QED) is 0.464. The molecule has 0 radical (unpaired) electrons. The van der Waals surface area contributed by atoms with Crippen LogP contribution >= 0.6 is 0 Å². The van der Waals surface area contributed by atoms with Crippen molar-refractivity contribution in [1.82, 2.24) is 5.32 Å². The molecule has 1 aliphatic rings. The lowest BCUT2D eigenvalue weighted by Gasteiger charge is -2.40. The largest absolute Gasteiger partial charge is 0.489 e. The Morgan fingerprint density at radius 1 is 1.07 bits per heavy atom. The van der Waals surface area contributed by atoms with Gasteiger partial charge in [0.05, 0.1) is 6.61 Å². The fraction of sp³-hybridized carbons (Fsp3) is 0.381. The molecule has 0 spiro atoms. The van der Waals surface area contributed by atoms with Crippen LogP contribution in [0.1, 0.15) is 27.6 Å². The first-order valence-corrected chi connectivity index (χ1v) is 9.29. The van der Waals surface area contributed by atoms with Gasteiger partial charge in [-0.15, -0.1) is 0 Å². The van der Waals surface area contributed by atoms with E-state index < -0.39 is 37.1 Å². The molecule has 1 heterocycles. The lowest BCUT2D eigenvalue weighted by atomic mass is 9.91. The van der Waals surface area contributed by atoms with Gasteiger partial charge in [-0.2, -0.15) is 0 Å². The first-order valence-electron chi connectivity index (χ1n) is 9.29. The molecule has 1 fully saturated rings. The third-order valence-corrected chi connectivity index (χ3v) is 4.92. The van der Waals surface area contributed by atoms with Crippen molar-refractivity contribution in [2.24, 2.45) is 0 Å². The molecule has 5 atom stereocenters. The van der Waals surface area contributed by atoms with Gasteiger partial charge in [-0.1, -0.05) is 24.3 Å². The van der Waals surface area contributed by atoms with Gasteiger partial charge in [-0.3, -0.25) is 4.79 Å². The third-order valence-electron chi connectivity index (χ3n) is 4.92. The predicted octanol–water partition coefficient (Wildman–Crippen LogP) is 0.140. The number of nitrogens with one attached hydrogen (secondary N) is 1. The average molecular weight is 403 g/mol. The van der Waals surface area contributed by atoms with E-state index in [0.717, 1.165) is 5.56 Å². The van der Waals surface area contributed by atoms with E-state index in [-0.39, 0.29) is 12.5 Å². The number of rotatable bonds is 6. The first kappa shape index (κ1) is 21.2. The van der Waals surface area contributed by atoms with Crippen molar-refractivity contribution in [3.8, 4) is 5.75 Å². The Kier molecular flexibility index (Phi) is 6.83. The van der Waals surface area contributed by atoms with Crippen molar-refractivity contribution in [3.05, 3.63) is 65.2 Å². The molecule has 8 nitrogen and oxygen atoms in total. The van der Waals surface area contributed by atoms with Gasteiger partial charge < -0.3 is 35.2 Å². The smallest absolute Gasteiger partial charge is 0.251 e. The molecular weight excluding hydrogens is 378 g/mol. The monoisotopic (exact) mass is 403 g/mol. The zero-order chi connectivity index (χ0) is 21.0. The molecule has 0 saturated carbocycles. The molecule has 1 saturated heterocycles. The second kappa shape index (κ2) is 9.34. The highest BCUT2D eigenvalue weighted by Gasteiger charge is 2.43. The summed E-state index contributed by atoms with van der Waals surface area (Å²) in [4.78, 5) is 11.7. The summed E-state index contributed by atoms with van der Waals surface area (Å²) in [6.45, 7) is -0.206. The number of hydrogen-bond acceptors (Lipinski definition) is 7. The van der Waals surface area contributed by atoms with Crippen LogP contribution in [0.15, 0.2) is 48.5 Å². The maximum atomic E-state index is 11.7. The van der Waals surface area contributed by atoms with E-state index in [4.69, 9.17) is 9.47 Å². The number of ether oxygens (including phenoxy) is 2. The van der Waals surface area contributed by atoms with E-state index in [0.29, 0.717) is 16.9 Å². The summed E-state index contributed by atoms with van der Waals surface area (Å²) in [5.41, 5.74) is 1.96. The number of carbonyl (C=O) groups is 1. The van der Waals surface area contributed by atoms with Gasteiger partial charge in [-0.25, -0.2) is 0 Å². The minimum absolute atomic E-state index is 0.171. The van der Waals surface area contributed by atoms with Gasteiger partial charge in [0, 0.05) is 12.6 Å². The normalized spacial score (nSPS) is 26.7. The summed E-state index contributed by atoms with van der Waals surface area (Å²) in [6.07, 6.45) is -5.98. The van der Waals surface area contributed by atoms with Crippen LogP contribution in [0, 0.1) is 0 Å². The van der Waals surface area contributed by atoms with Gasteiger partial charge >= 0.3 is 0 Å². The first-order chi connectivity index (χ1) is 13.9. The van der Waals surface area contributed by atoms with Crippen molar-refractivity contribution < 1.29 is 34.7 Å². The molecule has 2 aromatic rings. The number of benzene rings is 2. The SMILES string of the molecule is CNC(=O)c1cccc(COc2ccc(C3O[C@H](CO)[C@@H](O)[C@H](O)[C@@H]3O)cc2)c1. The van der Waals surface area contributed by atoms with Gasteiger partial charge in [0.15, 0.2) is 0 Å². The molecule has 1 unspecified atom stereocenters. The molecule has 3 rings (SSSR count). The summed E-state index contributed by atoms with van der Waals surface area (Å²) < 4.78 is 11.3. The Morgan fingerprint density at radius 2 is 1.79 bits per heavy atom. The van der Waals surface area contributed by atoms with Crippen LogP contribution in [-0.2, 0) is 11.3 Å². The van der Waals surface area contributed by atoms with E-state index in [2.05, 4.69) is 5.32 Å². The molecule has 29 heavy (non-hydrogen) atoms. The zero-order valence-electron chi connectivity index (χ0n) is 15.9. The molecule has 5 N–H and O–H groups in total. The maximum absolute atomic E-state index is 11.7. The molecule has 0 aliphatic carbocycles. The fourth-order valence-corrected chi connectivity index (χ4v) is 3.24. The van der Waals surface area contributed by atoms with E-state index in [9.17, 15) is 25.2 Å². The number of aliphatic hydroxyl groups excluding tert-OH is 4. The van der Waals surface area contributed by atoms with Crippen molar-refractivity contribution in [2.45, 2.75) is 37.1 Å². The Labute approximate surface area is 168 Å². The third kappa shape index (κ3) is 4.75. The molecule has 0 aromatic heterocycles. The minimum Gasteiger partial charge on any atom is -0.489 e. The van der Waals surface area contributed by atoms with Crippen LogP contribution in [0.25, 0.3) is 0 Å². The Balaban J connectivity index is 1.65. The number of amides is 1. The van der Waals surface area contributed by atoms with Gasteiger partial charge in [0.2, 0.25) is 0 Å². The average Bonchev–Trinajstić information content (AvgIpc) is 2.76. The lowest BCUT2D eigenvalue weighted by molar-refractivity contribution is -0.231. The highest BCUT2D eigenvalue weighted by atomic mass is 16.5. The predicted molar refractivity (Wildman–Crippen MR) is 103 cm³/mol. The van der Waals surface area contributed by atoms with Crippen molar-refractivity contribution in [1.29, 1.82) is 0 Å². The van der Waals surface area contributed by atoms with Crippen LogP contribution < -0.4 is 10.1 Å². The molecule has 2 aromatic carbocycles. The Hall–Kier alpha value is -2.49. The zero-order valence-corrected chi connectivity index (χ0v) is 15.9. The fourth-order valence-electron chi connectivity index (χ4n) is 3.24. The second-order valence-electron chi connectivity index (χ2n) is 6.89. The summed E-state index contributed by atoms with van der Waals surface area (Å²) >= 11 is 0. The van der Waals surface area contributed by atoms with Gasteiger partial charge in [-0.05, 0) is 35.4 Å². The highest BCUT2D eigenvalue weighted by Crippen LogP contribution is 2.33. The van der Waals surface area contributed by atoms with Crippen LogP contribution in [0.5, 0.6) is 5.75 Å². The second-order valence-corrected chi connectivity index (χ2v) is 6.89. The molecule has 8 heteroatoms. The lowest BCUT2D eigenvalue weighted by Crippen LogP contribution is -2.55. The van der Waals surface area contributed by atoms with Crippen LogP contribution in [0.4, 0.5) is 0 Å². The van der Waals surface area contributed by atoms with Crippen LogP contribution in [0.3, 0.4) is 0 Å². The summed E-state index contributed by atoms with van der Waals surface area (Å²) in [6, 6.07) is 13.9. The molecule has 0 bridgehead atoms. The topological polar surface area (TPSA) is 128 Å². The molecule has 1 amide bonds. The summed E-state index contributed by atoms with van der Waals surface area (Å²) in [5.74, 6) is 0.402. The van der Waals surface area contributed by atoms with E-state index in [1.54, 1.807) is 49.5 Å². The summed E-state index contributed by atoms with van der Waals surface area (Å²) in [5, 5.41) is 41.9. The maximum Gasteiger partial charge on any atom is 0.251 e.